The lowest BCUT2D eigenvalue weighted by molar-refractivity contribution is 0.0512. The molecule has 3 heterocycles. The fourth-order valence-electron chi connectivity index (χ4n) is 3.68. The van der Waals surface area contributed by atoms with Crippen LogP contribution in [0.5, 0.6) is 5.75 Å². The molecule has 0 amide bonds. The Balaban J connectivity index is 1.84. The average Bonchev–Trinajstić information content (AvgIpc) is 3.06. The highest BCUT2D eigenvalue weighted by molar-refractivity contribution is 5.85. The predicted octanol–water partition coefficient (Wildman–Crippen LogP) is 4.21. The van der Waals surface area contributed by atoms with Crippen molar-refractivity contribution in [2.24, 2.45) is 0 Å². The Hall–Kier alpha value is -2.37. The Morgan fingerprint density at radius 1 is 1.15 bits per heavy atom. The molecule has 5 nitrogen and oxygen atoms in total. The van der Waals surface area contributed by atoms with Gasteiger partial charge in [0.1, 0.15) is 5.75 Å². The second-order valence-electron chi connectivity index (χ2n) is 6.72. The Kier molecular flexibility index (Phi) is 4.91. The van der Waals surface area contributed by atoms with Crippen molar-refractivity contribution in [3.8, 4) is 11.4 Å². The van der Waals surface area contributed by atoms with Crippen molar-refractivity contribution < 1.29 is 14.2 Å². The molecule has 0 spiro atoms. The number of pyridine rings is 1. The first-order chi connectivity index (χ1) is 12.8. The first kappa shape index (κ1) is 17.1. The summed E-state index contributed by atoms with van der Waals surface area (Å²) in [6, 6.07) is 12.7. The molecule has 1 aliphatic heterocycles. The molecule has 0 atom stereocenters. The lowest BCUT2D eigenvalue weighted by Gasteiger charge is -2.24. The van der Waals surface area contributed by atoms with Crippen molar-refractivity contribution in [3.05, 3.63) is 54.0 Å². The molecular weight excluding hydrogens is 328 g/mol. The van der Waals surface area contributed by atoms with E-state index in [-0.39, 0.29) is 6.79 Å². The van der Waals surface area contributed by atoms with E-state index in [0.717, 1.165) is 43.2 Å². The van der Waals surface area contributed by atoms with Crippen LogP contribution in [-0.2, 0) is 9.47 Å². The number of fused-ring (bicyclic) bond motifs is 1. The molecular formula is C21H24N2O3. The van der Waals surface area contributed by atoms with E-state index >= 15 is 0 Å². The standard InChI is InChI=1S/C21H24N2O3/c1-15-11-18(5-8-22-15)23-20-4-3-19(26-14-24-2)12-17(20)13-21(23)16-6-9-25-10-7-16/h3-5,8,11-13,16H,6-7,9-10,14H2,1-2H3. The van der Waals surface area contributed by atoms with Crippen LogP contribution >= 0.6 is 0 Å². The van der Waals surface area contributed by atoms with Gasteiger partial charge >= 0.3 is 0 Å². The van der Waals surface area contributed by atoms with Gasteiger partial charge in [-0.1, -0.05) is 0 Å². The van der Waals surface area contributed by atoms with E-state index in [1.54, 1.807) is 7.11 Å². The van der Waals surface area contributed by atoms with Gasteiger partial charge < -0.3 is 18.8 Å². The molecule has 2 aromatic heterocycles. The Morgan fingerprint density at radius 3 is 2.77 bits per heavy atom. The van der Waals surface area contributed by atoms with E-state index in [2.05, 4.69) is 39.9 Å². The highest BCUT2D eigenvalue weighted by Gasteiger charge is 2.22. The van der Waals surface area contributed by atoms with E-state index in [1.165, 1.54) is 16.6 Å². The molecule has 26 heavy (non-hydrogen) atoms. The van der Waals surface area contributed by atoms with Gasteiger partial charge in [0, 0.05) is 54.9 Å². The summed E-state index contributed by atoms with van der Waals surface area (Å²) in [5.74, 6) is 1.31. The predicted molar refractivity (Wildman–Crippen MR) is 101 cm³/mol. The average molecular weight is 352 g/mol. The smallest absolute Gasteiger partial charge is 0.188 e. The first-order valence-corrected chi connectivity index (χ1v) is 9.04. The fourth-order valence-corrected chi connectivity index (χ4v) is 3.68. The van der Waals surface area contributed by atoms with Crippen LogP contribution in [0.4, 0.5) is 0 Å². The summed E-state index contributed by atoms with van der Waals surface area (Å²) in [6.45, 7) is 3.93. The number of aromatic nitrogens is 2. The van der Waals surface area contributed by atoms with E-state index in [0.29, 0.717) is 5.92 Å². The zero-order chi connectivity index (χ0) is 17.9. The maximum Gasteiger partial charge on any atom is 0.188 e. The van der Waals surface area contributed by atoms with Crippen LogP contribution in [0.2, 0.25) is 0 Å². The van der Waals surface area contributed by atoms with Crippen LogP contribution in [0.3, 0.4) is 0 Å². The lowest BCUT2D eigenvalue weighted by Crippen LogP contribution is -2.16. The van der Waals surface area contributed by atoms with Crippen molar-refractivity contribution in [3.63, 3.8) is 0 Å². The van der Waals surface area contributed by atoms with Crippen molar-refractivity contribution in [1.29, 1.82) is 0 Å². The van der Waals surface area contributed by atoms with Crippen molar-refractivity contribution >= 4 is 10.9 Å². The van der Waals surface area contributed by atoms with Gasteiger partial charge in [0.05, 0.1) is 5.52 Å². The second kappa shape index (κ2) is 7.48. The van der Waals surface area contributed by atoms with Gasteiger partial charge in [-0.05, 0) is 56.2 Å². The van der Waals surface area contributed by atoms with Crippen LogP contribution in [0.25, 0.3) is 16.6 Å². The molecule has 4 rings (SSSR count). The number of benzene rings is 1. The zero-order valence-corrected chi connectivity index (χ0v) is 15.3. The molecule has 136 valence electrons. The Bertz CT molecular complexity index is 897. The topological polar surface area (TPSA) is 45.5 Å². The highest BCUT2D eigenvalue weighted by Crippen LogP contribution is 2.35. The summed E-state index contributed by atoms with van der Waals surface area (Å²) in [6.07, 6.45) is 3.97. The van der Waals surface area contributed by atoms with Gasteiger partial charge in [0.25, 0.3) is 0 Å². The van der Waals surface area contributed by atoms with Crippen molar-refractivity contribution in [2.75, 3.05) is 27.1 Å². The monoisotopic (exact) mass is 352 g/mol. The molecule has 0 N–H and O–H groups in total. The number of aryl methyl sites for hydroxylation is 1. The second-order valence-corrected chi connectivity index (χ2v) is 6.72. The molecule has 0 saturated carbocycles. The van der Waals surface area contributed by atoms with Crippen LogP contribution in [-0.4, -0.2) is 36.7 Å². The molecule has 3 aromatic rings. The van der Waals surface area contributed by atoms with Gasteiger partial charge in [-0.3, -0.25) is 4.98 Å². The SMILES string of the molecule is COCOc1ccc2c(c1)cc(C1CCOCC1)n2-c1ccnc(C)c1. The van der Waals surface area contributed by atoms with Crippen LogP contribution < -0.4 is 4.74 Å². The van der Waals surface area contributed by atoms with Crippen LogP contribution in [0, 0.1) is 6.92 Å². The van der Waals surface area contributed by atoms with Crippen LogP contribution in [0.1, 0.15) is 30.1 Å². The quantitative estimate of drug-likeness (QED) is 0.645. The Morgan fingerprint density at radius 2 is 2.00 bits per heavy atom. The van der Waals surface area contributed by atoms with Gasteiger partial charge in [-0.2, -0.15) is 0 Å². The number of rotatable bonds is 5. The maximum absolute atomic E-state index is 5.62. The summed E-state index contributed by atoms with van der Waals surface area (Å²) >= 11 is 0. The summed E-state index contributed by atoms with van der Waals surface area (Å²) in [7, 11) is 1.63. The maximum atomic E-state index is 5.62. The molecule has 0 radical (unpaired) electrons. The summed E-state index contributed by atoms with van der Waals surface area (Å²) in [4.78, 5) is 4.35. The van der Waals surface area contributed by atoms with E-state index in [9.17, 15) is 0 Å². The third-order valence-corrected chi connectivity index (χ3v) is 4.92. The van der Waals surface area contributed by atoms with E-state index in [1.807, 2.05) is 19.2 Å². The molecule has 0 aliphatic carbocycles. The van der Waals surface area contributed by atoms with Gasteiger partial charge in [-0.15, -0.1) is 0 Å². The van der Waals surface area contributed by atoms with Crippen molar-refractivity contribution in [1.82, 2.24) is 9.55 Å². The van der Waals surface area contributed by atoms with Gasteiger partial charge in [0.2, 0.25) is 0 Å². The normalized spacial score (nSPS) is 15.5. The molecule has 0 bridgehead atoms. The fraction of sp³-hybridized carbons (Fsp3) is 0.381. The molecule has 1 aliphatic rings. The highest BCUT2D eigenvalue weighted by atomic mass is 16.7. The summed E-state index contributed by atoms with van der Waals surface area (Å²) < 4.78 is 18.6. The third-order valence-electron chi connectivity index (χ3n) is 4.92. The minimum absolute atomic E-state index is 0.253. The van der Waals surface area contributed by atoms with Crippen molar-refractivity contribution in [2.45, 2.75) is 25.7 Å². The van der Waals surface area contributed by atoms with Gasteiger partial charge in [0.15, 0.2) is 6.79 Å². The molecule has 5 heteroatoms. The van der Waals surface area contributed by atoms with E-state index in [4.69, 9.17) is 14.2 Å². The van der Waals surface area contributed by atoms with Gasteiger partial charge in [-0.25, -0.2) is 0 Å². The first-order valence-electron chi connectivity index (χ1n) is 9.04. The molecule has 0 unspecified atom stereocenters. The lowest BCUT2D eigenvalue weighted by atomic mass is 9.96. The molecule has 1 saturated heterocycles. The van der Waals surface area contributed by atoms with Crippen LogP contribution in [0.15, 0.2) is 42.6 Å². The number of hydrogen-bond acceptors (Lipinski definition) is 4. The van der Waals surface area contributed by atoms with E-state index < -0.39 is 0 Å². The number of methoxy groups -OCH3 is 1. The zero-order valence-electron chi connectivity index (χ0n) is 15.3. The molecule has 1 aromatic carbocycles. The summed E-state index contributed by atoms with van der Waals surface area (Å²) in [5.41, 5.74) is 4.68. The number of nitrogens with zero attached hydrogens (tertiary/aromatic N) is 2. The molecule has 1 fully saturated rings. The largest absolute Gasteiger partial charge is 0.468 e. The minimum atomic E-state index is 0.253. The third kappa shape index (κ3) is 3.32. The Labute approximate surface area is 153 Å². The summed E-state index contributed by atoms with van der Waals surface area (Å²) in [5, 5.41) is 1.18. The number of hydrogen-bond donors (Lipinski definition) is 0. The minimum Gasteiger partial charge on any atom is -0.468 e. The number of ether oxygens (including phenoxy) is 3.